The summed E-state index contributed by atoms with van der Waals surface area (Å²) in [6, 6.07) is 15.1. The fourth-order valence-electron chi connectivity index (χ4n) is 4.13. The van der Waals surface area contributed by atoms with Crippen molar-refractivity contribution in [1.29, 1.82) is 0 Å². The fourth-order valence-corrected chi connectivity index (χ4v) is 4.36. The number of rotatable bonds is 9. The summed E-state index contributed by atoms with van der Waals surface area (Å²) >= 11 is 6.19. The van der Waals surface area contributed by atoms with Crippen molar-refractivity contribution in [3.05, 3.63) is 70.2 Å². The molecule has 0 aliphatic heterocycles. The highest BCUT2D eigenvalue weighted by molar-refractivity contribution is 6.31. The molecule has 1 aliphatic rings. The monoisotopic (exact) mass is 444 g/mol. The lowest BCUT2D eigenvalue weighted by Crippen LogP contribution is -2.36. The SMILES string of the molecule is CCc1ccc(CC(=O)OCC2(C(=O)CCc3ccccc3Cl)CC(O)C(O)C2)cc1. The molecule has 2 aromatic carbocycles. The fraction of sp³-hybridized carbons (Fsp3) is 0.440. The zero-order chi connectivity index (χ0) is 22.4. The minimum Gasteiger partial charge on any atom is -0.464 e. The second-order valence-electron chi connectivity index (χ2n) is 8.35. The van der Waals surface area contributed by atoms with Crippen molar-refractivity contribution in [2.24, 2.45) is 5.41 Å². The first-order valence-corrected chi connectivity index (χ1v) is 11.1. The van der Waals surface area contributed by atoms with Crippen LogP contribution in [-0.4, -0.2) is 40.8 Å². The Balaban J connectivity index is 1.63. The van der Waals surface area contributed by atoms with Crippen LogP contribution in [0.15, 0.2) is 48.5 Å². The molecule has 6 heteroatoms. The lowest BCUT2D eigenvalue weighted by Gasteiger charge is -2.27. The number of halogens is 1. The molecule has 2 N–H and O–H groups in total. The molecule has 0 bridgehead atoms. The van der Waals surface area contributed by atoms with Crippen molar-refractivity contribution in [1.82, 2.24) is 0 Å². The molecule has 0 saturated heterocycles. The van der Waals surface area contributed by atoms with Crippen LogP contribution in [0, 0.1) is 5.41 Å². The van der Waals surface area contributed by atoms with Gasteiger partial charge in [0.1, 0.15) is 12.4 Å². The maximum absolute atomic E-state index is 13.1. The van der Waals surface area contributed by atoms with E-state index in [0.29, 0.717) is 11.4 Å². The molecule has 2 atom stereocenters. The molecule has 3 rings (SSSR count). The first-order chi connectivity index (χ1) is 14.8. The van der Waals surface area contributed by atoms with Crippen LogP contribution in [0.4, 0.5) is 0 Å². The van der Waals surface area contributed by atoms with Crippen LogP contribution in [0.25, 0.3) is 0 Å². The third-order valence-corrected chi connectivity index (χ3v) is 6.47. The lowest BCUT2D eigenvalue weighted by molar-refractivity contribution is -0.150. The summed E-state index contributed by atoms with van der Waals surface area (Å²) in [6.45, 7) is 1.92. The number of Topliss-reactive ketones (excluding diaryl/α,β-unsaturated/α-hetero) is 1. The number of hydrogen-bond acceptors (Lipinski definition) is 5. The molecule has 1 aliphatic carbocycles. The van der Waals surface area contributed by atoms with E-state index in [0.717, 1.165) is 17.5 Å². The van der Waals surface area contributed by atoms with Gasteiger partial charge >= 0.3 is 5.97 Å². The van der Waals surface area contributed by atoms with Crippen LogP contribution in [-0.2, 0) is 33.6 Å². The highest BCUT2D eigenvalue weighted by Gasteiger charge is 2.49. The minimum atomic E-state index is -1.08. The van der Waals surface area contributed by atoms with Crippen LogP contribution < -0.4 is 0 Å². The molecule has 2 unspecified atom stereocenters. The maximum atomic E-state index is 13.1. The number of ketones is 1. The summed E-state index contributed by atoms with van der Waals surface area (Å²) in [4.78, 5) is 25.5. The Kier molecular flexibility index (Phi) is 7.87. The zero-order valence-electron chi connectivity index (χ0n) is 17.7. The van der Waals surface area contributed by atoms with E-state index in [1.54, 1.807) is 6.07 Å². The Morgan fingerprint density at radius 3 is 2.26 bits per heavy atom. The van der Waals surface area contributed by atoms with Crippen molar-refractivity contribution in [2.45, 2.75) is 57.7 Å². The van der Waals surface area contributed by atoms with E-state index < -0.39 is 23.6 Å². The second-order valence-corrected chi connectivity index (χ2v) is 8.75. The van der Waals surface area contributed by atoms with Gasteiger partial charge in [0.15, 0.2) is 0 Å². The van der Waals surface area contributed by atoms with Crippen LogP contribution in [0.1, 0.15) is 42.9 Å². The molecular weight excluding hydrogens is 416 g/mol. The van der Waals surface area contributed by atoms with Crippen LogP contribution in [0.5, 0.6) is 0 Å². The molecule has 0 amide bonds. The number of hydrogen-bond donors (Lipinski definition) is 2. The Labute approximate surface area is 188 Å². The van der Waals surface area contributed by atoms with E-state index in [9.17, 15) is 19.8 Å². The predicted molar refractivity (Wildman–Crippen MR) is 119 cm³/mol. The number of ether oxygens (including phenoxy) is 1. The van der Waals surface area contributed by atoms with E-state index in [4.69, 9.17) is 16.3 Å². The summed E-state index contributed by atoms with van der Waals surface area (Å²) < 4.78 is 5.48. The van der Waals surface area contributed by atoms with Gasteiger partial charge in [-0.15, -0.1) is 0 Å². The van der Waals surface area contributed by atoms with Gasteiger partial charge in [0, 0.05) is 11.4 Å². The maximum Gasteiger partial charge on any atom is 0.310 e. The summed E-state index contributed by atoms with van der Waals surface area (Å²) in [6.07, 6.45) is -0.187. The van der Waals surface area contributed by atoms with E-state index in [-0.39, 0.29) is 38.1 Å². The Morgan fingerprint density at radius 1 is 1.03 bits per heavy atom. The normalized spacial score (nSPS) is 23.0. The molecule has 0 heterocycles. The first-order valence-electron chi connectivity index (χ1n) is 10.7. The van der Waals surface area contributed by atoms with Crippen LogP contribution in [0.2, 0.25) is 5.02 Å². The van der Waals surface area contributed by atoms with E-state index in [2.05, 4.69) is 6.92 Å². The van der Waals surface area contributed by atoms with Crippen molar-refractivity contribution in [2.75, 3.05) is 6.61 Å². The molecule has 5 nitrogen and oxygen atoms in total. The first kappa shape index (κ1) is 23.5. The largest absolute Gasteiger partial charge is 0.464 e. The number of carbonyl (C=O) groups is 2. The number of aliphatic hydroxyl groups is 2. The number of carbonyl (C=O) groups excluding carboxylic acids is 2. The Morgan fingerprint density at radius 2 is 1.65 bits per heavy atom. The van der Waals surface area contributed by atoms with Gasteiger partial charge in [-0.25, -0.2) is 0 Å². The summed E-state index contributed by atoms with van der Waals surface area (Å²) in [7, 11) is 0. The van der Waals surface area contributed by atoms with Gasteiger partial charge in [0.25, 0.3) is 0 Å². The van der Waals surface area contributed by atoms with Crippen molar-refractivity contribution in [3.8, 4) is 0 Å². The second kappa shape index (κ2) is 10.4. The predicted octanol–water partition coefficient (Wildman–Crippen LogP) is 3.69. The molecule has 31 heavy (non-hydrogen) atoms. The van der Waals surface area contributed by atoms with Crippen LogP contribution in [0.3, 0.4) is 0 Å². The average molecular weight is 445 g/mol. The molecule has 0 radical (unpaired) electrons. The zero-order valence-corrected chi connectivity index (χ0v) is 18.5. The summed E-state index contributed by atoms with van der Waals surface area (Å²) in [5, 5.41) is 20.8. The number of esters is 1. The Hall–Kier alpha value is -2.21. The van der Waals surface area contributed by atoms with Gasteiger partial charge in [0.05, 0.1) is 24.0 Å². The quantitative estimate of drug-likeness (QED) is 0.576. The van der Waals surface area contributed by atoms with Gasteiger partial charge < -0.3 is 14.9 Å². The number of aliphatic hydroxyl groups excluding tert-OH is 2. The topological polar surface area (TPSA) is 83.8 Å². The van der Waals surface area contributed by atoms with E-state index in [1.807, 2.05) is 42.5 Å². The molecule has 1 saturated carbocycles. The summed E-state index contributed by atoms with van der Waals surface area (Å²) in [5.41, 5.74) is 1.81. The average Bonchev–Trinajstić information content (AvgIpc) is 3.07. The van der Waals surface area contributed by atoms with Gasteiger partial charge in [-0.05, 0) is 48.4 Å². The van der Waals surface area contributed by atoms with Gasteiger partial charge in [-0.1, -0.05) is 61.0 Å². The highest BCUT2D eigenvalue weighted by Crippen LogP contribution is 2.41. The van der Waals surface area contributed by atoms with E-state index in [1.165, 1.54) is 5.56 Å². The van der Waals surface area contributed by atoms with Gasteiger partial charge in [-0.2, -0.15) is 0 Å². The van der Waals surface area contributed by atoms with Crippen molar-refractivity contribution in [3.63, 3.8) is 0 Å². The molecule has 1 fully saturated rings. The van der Waals surface area contributed by atoms with Gasteiger partial charge in [-0.3, -0.25) is 9.59 Å². The van der Waals surface area contributed by atoms with Crippen molar-refractivity contribution < 1.29 is 24.5 Å². The lowest BCUT2D eigenvalue weighted by atomic mass is 9.80. The summed E-state index contributed by atoms with van der Waals surface area (Å²) in [5.74, 6) is -0.568. The Bertz CT molecular complexity index is 898. The number of benzene rings is 2. The smallest absolute Gasteiger partial charge is 0.310 e. The third-order valence-electron chi connectivity index (χ3n) is 6.10. The molecule has 0 spiro atoms. The number of aryl methyl sites for hydroxylation is 2. The third kappa shape index (κ3) is 5.94. The molecule has 166 valence electrons. The van der Waals surface area contributed by atoms with Crippen molar-refractivity contribution >= 4 is 23.4 Å². The van der Waals surface area contributed by atoms with Gasteiger partial charge in [0.2, 0.25) is 0 Å². The highest BCUT2D eigenvalue weighted by atomic mass is 35.5. The minimum absolute atomic E-state index is 0.0774. The van der Waals surface area contributed by atoms with E-state index >= 15 is 0 Å². The van der Waals surface area contributed by atoms with Crippen LogP contribution >= 0.6 is 11.6 Å². The molecule has 2 aromatic rings. The standard InChI is InChI=1S/C25H29ClO5/c1-2-17-7-9-18(10-8-17)13-24(30)31-16-25(14-21(27)22(28)15-25)23(29)12-11-19-5-3-4-6-20(19)26/h3-10,21-22,27-28H,2,11-16H2,1H3. The molecule has 0 aromatic heterocycles. The molecular formula is C25H29ClO5.